The lowest BCUT2D eigenvalue weighted by molar-refractivity contribution is 0.0483. The molecule has 1 rings (SSSR count). The van der Waals surface area contributed by atoms with Gasteiger partial charge in [-0.05, 0) is 67.5 Å². The summed E-state index contributed by atoms with van der Waals surface area (Å²) >= 11 is 2.23. The van der Waals surface area contributed by atoms with Crippen molar-refractivity contribution in [3.05, 3.63) is 33.4 Å². The Hall–Kier alpha value is -0.820. The number of carbonyl (C=O) groups is 1. The summed E-state index contributed by atoms with van der Waals surface area (Å²) in [5.74, 6) is 0. The predicted octanol–water partition coefficient (Wildman–Crippen LogP) is 2.72. The highest BCUT2D eigenvalue weighted by Crippen LogP contribution is 2.11. The summed E-state index contributed by atoms with van der Waals surface area (Å²) in [4.78, 5) is 11.6. The van der Waals surface area contributed by atoms with Gasteiger partial charge in [0.2, 0.25) is 0 Å². The molecule has 1 atom stereocenters. The largest absolute Gasteiger partial charge is 0.444 e. The normalized spacial score (nSPS) is 12.9. The van der Waals surface area contributed by atoms with Crippen LogP contribution in [-0.4, -0.2) is 29.4 Å². The van der Waals surface area contributed by atoms with Gasteiger partial charge in [0.05, 0.1) is 12.6 Å². The topological polar surface area (TPSA) is 58.6 Å². The van der Waals surface area contributed by atoms with Crippen LogP contribution in [0.3, 0.4) is 0 Å². The number of carbonyl (C=O) groups excluding carboxylic acids is 1. The number of benzene rings is 1. The number of aliphatic hydroxyl groups excluding tert-OH is 1. The van der Waals surface area contributed by atoms with Crippen molar-refractivity contribution in [1.29, 1.82) is 0 Å². The Morgan fingerprint density at radius 2 is 2.16 bits per heavy atom. The molecule has 0 saturated heterocycles. The van der Waals surface area contributed by atoms with Crippen molar-refractivity contribution < 1.29 is 14.6 Å². The van der Waals surface area contributed by atoms with Crippen LogP contribution in [0.5, 0.6) is 0 Å². The third-order valence-corrected chi connectivity index (χ3v) is 2.98. The first-order chi connectivity index (χ1) is 8.80. The third-order valence-electron chi connectivity index (χ3n) is 2.31. The van der Waals surface area contributed by atoms with Crippen molar-refractivity contribution in [2.75, 3.05) is 6.61 Å². The van der Waals surface area contributed by atoms with E-state index in [2.05, 4.69) is 27.9 Å². The van der Waals surface area contributed by atoms with E-state index in [1.54, 1.807) is 20.8 Å². The van der Waals surface area contributed by atoms with Crippen LogP contribution in [0, 0.1) is 3.57 Å². The molecule has 0 bridgehead atoms. The molecular formula is C14H20INO3. The van der Waals surface area contributed by atoms with Crippen LogP contribution in [0.1, 0.15) is 26.3 Å². The van der Waals surface area contributed by atoms with Gasteiger partial charge in [-0.1, -0.05) is 12.1 Å². The van der Waals surface area contributed by atoms with Crippen LogP contribution >= 0.6 is 22.6 Å². The Morgan fingerprint density at radius 1 is 1.47 bits per heavy atom. The zero-order chi connectivity index (χ0) is 14.5. The quantitative estimate of drug-likeness (QED) is 0.794. The Balaban J connectivity index is 2.57. The minimum atomic E-state index is -0.536. The Morgan fingerprint density at radius 3 is 2.68 bits per heavy atom. The maximum atomic E-state index is 11.6. The number of aliphatic hydroxyl groups is 1. The molecule has 1 amide bonds. The SMILES string of the molecule is CC(C)(C)OC(=O)NC(CO)Cc1cccc(I)c1. The summed E-state index contributed by atoms with van der Waals surface area (Å²) in [6.07, 6.45) is 0.0734. The minimum Gasteiger partial charge on any atom is -0.444 e. The van der Waals surface area contributed by atoms with E-state index in [9.17, 15) is 9.90 Å². The van der Waals surface area contributed by atoms with Gasteiger partial charge < -0.3 is 15.2 Å². The smallest absolute Gasteiger partial charge is 0.407 e. The molecule has 1 aromatic carbocycles. The van der Waals surface area contributed by atoms with Crippen molar-refractivity contribution in [2.45, 2.75) is 38.8 Å². The van der Waals surface area contributed by atoms with Crippen LogP contribution in [0.15, 0.2) is 24.3 Å². The van der Waals surface area contributed by atoms with Gasteiger partial charge in [-0.2, -0.15) is 0 Å². The average molecular weight is 377 g/mol. The van der Waals surface area contributed by atoms with Crippen molar-refractivity contribution in [1.82, 2.24) is 5.32 Å². The Bertz CT molecular complexity index is 429. The summed E-state index contributed by atoms with van der Waals surface area (Å²) in [7, 11) is 0. The summed E-state index contributed by atoms with van der Waals surface area (Å²) in [6, 6.07) is 7.62. The molecule has 0 spiro atoms. The number of alkyl carbamates (subject to hydrolysis) is 1. The number of rotatable bonds is 4. The molecule has 19 heavy (non-hydrogen) atoms. The van der Waals surface area contributed by atoms with E-state index in [4.69, 9.17) is 4.74 Å². The number of halogens is 1. The van der Waals surface area contributed by atoms with Crippen molar-refractivity contribution in [2.24, 2.45) is 0 Å². The maximum absolute atomic E-state index is 11.6. The molecule has 2 N–H and O–H groups in total. The molecule has 4 nitrogen and oxygen atoms in total. The Labute approximate surface area is 127 Å². The van der Waals surface area contributed by atoms with Crippen LogP contribution in [0.25, 0.3) is 0 Å². The van der Waals surface area contributed by atoms with E-state index in [1.165, 1.54) is 0 Å². The molecule has 1 unspecified atom stereocenters. The first kappa shape index (κ1) is 16.2. The maximum Gasteiger partial charge on any atom is 0.407 e. The fourth-order valence-corrected chi connectivity index (χ4v) is 2.19. The molecule has 5 heteroatoms. The average Bonchev–Trinajstić information content (AvgIpc) is 2.25. The van der Waals surface area contributed by atoms with E-state index < -0.39 is 11.7 Å². The highest BCUT2D eigenvalue weighted by molar-refractivity contribution is 14.1. The van der Waals surface area contributed by atoms with Gasteiger partial charge in [-0.15, -0.1) is 0 Å². The lowest BCUT2D eigenvalue weighted by Crippen LogP contribution is -2.42. The fourth-order valence-electron chi connectivity index (χ4n) is 1.58. The second kappa shape index (κ2) is 7.09. The zero-order valence-corrected chi connectivity index (χ0v) is 13.6. The molecular weight excluding hydrogens is 357 g/mol. The second-order valence-corrected chi connectivity index (χ2v) is 6.61. The number of ether oxygens (including phenoxy) is 1. The van der Waals surface area contributed by atoms with Crippen LogP contribution in [-0.2, 0) is 11.2 Å². The van der Waals surface area contributed by atoms with Crippen LogP contribution < -0.4 is 5.32 Å². The van der Waals surface area contributed by atoms with Gasteiger partial charge in [0.1, 0.15) is 5.60 Å². The Kier molecular flexibility index (Phi) is 6.06. The molecule has 0 aliphatic carbocycles. The van der Waals surface area contributed by atoms with Gasteiger partial charge >= 0.3 is 6.09 Å². The van der Waals surface area contributed by atoms with Gasteiger partial charge in [0.25, 0.3) is 0 Å². The van der Waals surface area contributed by atoms with Gasteiger partial charge in [0.15, 0.2) is 0 Å². The molecule has 0 heterocycles. The highest BCUT2D eigenvalue weighted by Gasteiger charge is 2.19. The number of nitrogens with one attached hydrogen (secondary N) is 1. The van der Waals surface area contributed by atoms with Gasteiger partial charge in [-0.25, -0.2) is 4.79 Å². The summed E-state index contributed by atoms with van der Waals surface area (Å²) in [5, 5.41) is 12.0. The van der Waals surface area contributed by atoms with E-state index in [-0.39, 0.29) is 12.6 Å². The molecule has 0 radical (unpaired) electrons. The number of hydrogen-bond donors (Lipinski definition) is 2. The van der Waals surface area contributed by atoms with E-state index in [1.807, 2.05) is 24.3 Å². The van der Waals surface area contributed by atoms with Crippen molar-refractivity contribution >= 4 is 28.7 Å². The summed E-state index contributed by atoms with van der Waals surface area (Å²) < 4.78 is 6.30. The van der Waals surface area contributed by atoms with Crippen LogP contribution in [0.2, 0.25) is 0 Å². The molecule has 0 aliphatic rings. The molecule has 0 aromatic heterocycles. The molecule has 106 valence electrons. The fraction of sp³-hybridized carbons (Fsp3) is 0.500. The first-order valence-corrected chi connectivity index (χ1v) is 7.23. The monoisotopic (exact) mass is 377 g/mol. The molecule has 0 aliphatic heterocycles. The van der Waals surface area contributed by atoms with Gasteiger partial charge in [0, 0.05) is 3.57 Å². The molecule has 0 saturated carbocycles. The van der Waals surface area contributed by atoms with E-state index >= 15 is 0 Å². The number of hydrogen-bond acceptors (Lipinski definition) is 3. The van der Waals surface area contributed by atoms with Gasteiger partial charge in [-0.3, -0.25) is 0 Å². The van der Waals surface area contributed by atoms with E-state index in [0.29, 0.717) is 6.42 Å². The van der Waals surface area contributed by atoms with Crippen molar-refractivity contribution in [3.63, 3.8) is 0 Å². The highest BCUT2D eigenvalue weighted by atomic mass is 127. The second-order valence-electron chi connectivity index (χ2n) is 5.36. The number of amides is 1. The summed E-state index contributed by atoms with van der Waals surface area (Å²) in [5.41, 5.74) is 0.536. The third kappa shape index (κ3) is 6.77. The van der Waals surface area contributed by atoms with Crippen molar-refractivity contribution in [3.8, 4) is 0 Å². The predicted molar refractivity (Wildman–Crippen MR) is 83.1 cm³/mol. The lowest BCUT2D eigenvalue weighted by Gasteiger charge is -2.22. The first-order valence-electron chi connectivity index (χ1n) is 6.15. The summed E-state index contributed by atoms with van der Waals surface area (Å²) in [6.45, 7) is 5.30. The standard InChI is InChI=1S/C14H20INO3/c1-14(2,3)19-13(18)16-12(9-17)8-10-5-4-6-11(15)7-10/h4-7,12,17H,8-9H2,1-3H3,(H,16,18). The zero-order valence-electron chi connectivity index (χ0n) is 11.4. The molecule has 0 fully saturated rings. The molecule has 1 aromatic rings. The lowest BCUT2D eigenvalue weighted by atomic mass is 10.1. The van der Waals surface area contributed by atoms with E-state index in [0.717, 1.165) is 9.13 Å². The van der Waals surface area contributed by atoms with Crippen LogP contribution in [0.4, 0.5) is 4.79 Å². The minimum absolute atomic E-state index is 0.120.